The lowest BCUT2D eigenvalue weighted by atomic mass is 9.98. The fourth-order valence-electron chi connectivity index (χ4n) is 2.51. The molecule has 0 aromatic heterocycles. The Kier molecular flexibility index (Phi) is 6.94. The van der Waals surface area contributed by atoms with E-state index < -0.39 is 0 Å². The van der Waals surface area contributed by atoms with Gasteiger partial charge in [0.1, 0.15) is 12.7 Å². The van der Waals surface area contributed by atoms with Gasteiger partial charge in [0.05, 0.1) is 6.42 Å². The summed E-state index contributed by atoms with van der Waals surface area (Å²) >= 11 is 0. The zero-order chi connectivity index (χ0) is 15.6. The van der Waals surface area contributed by atoms with Gasteiger partial charge in [-0.1, -0.05) is 36.8 Å². The summed E-state index contributed by atoms with van der Waals surface area (Å²) in [6.07, 6.45) is 7.46. The highest BCUT2D eigenvalue weighted by Gasteiger charge is 2.17. The standard InChI is InChI=1S/C18H23O4/c19-17(21-14-15-8-3-1-4-9-15)12-7-13-18(20)22-16-10-5-2-6-11-16/h1,3-4,8-9,13,16H,2,5-7,10-12,14H2. The van der Waals surface area contributed by atoms with Crippen molar-refractivity contribution in [2.75, 3.05) is 0 Å². The Labute approximate surface area is 131 Å². The van der Waals surface area contributed by atoms with Gasteiger partial charge in [-0.15, -0.1) is 0 Å². The molecule has 1 aliphatic rings. The van der Waals surface area contributed by atoms with Crippen molar-refractivity contribution in [1.29, 1.82) is 0 Å². The van der Waals surface area contributed by atoms with Crippen molar-refractivity contribution in [2.24, 2.45) is 0 Å². The van der Waals surface area contributed by atoms with E-state index >= 15 is 0 Å². The summed E-state index contributed by atoms with van der Waals surface area (Å²) < 4.78 is 10.5. The molecule has 4 heteroatoms. The molecular formula is C18H23O4. The van der Waals surface area contributed by atoms with Gasteiger partial charge in [0.2, 0.25) is 0 Å². The molecule has 1 aromatic carbocycles. The third kappa shape index (κ3) is 6.29. The average molecular weight is 303 g/mol. The van der Waals surface area contributed by atoms with E-state index in [0.717, 1.165) is 31.2 Å². The van der Waals surface area contributed by atoms with E-state index in [1.165, 1.54) is 12.8 Å². The van der Waals surface area contributed by atoms with Crippen molar-refractivity contribution in [3.63, 3.8) is 0 Å². The first-order valence-corrected chi connectivity index (χ1v) is 7.97. The van der Waals surface area contributed by atoms with Crippen molar-refractivity contribution < 1.29 is 19.1 Å². The van der Waals surface area contributed by atoms with Crippen molar-refractivity contribution >= 4 is 11.9 Å². The van der Waals surface area contributed by atoms with E-state index in [4.69, 9.17) is 9.47 Å². The van der Waals surface area contributed by atoms with E-state index in [2.05, 4.69) is 0 Å². The minimum Gasteiger partial charge on any atom is -0.462 e. The van der Waals surface area contributed by atoms with Crippen LogP contribution in [0.4, 0.5) is 0 Å². The summed E-state index contributed by atoms with van der Waals surface area (Å²) in [5.74, 6) is -0.617. The van der Waals surface area contributed by atoms with Crippen LogP contribution in [0.3, 0.4) is 0 Å². The Morgan fingerprint density at radius 2 is 1.82 bits per heavy atom. The molecule has 0 spiro atoms. The number of hydrogen-bond acceptors (Lipinski definition) is 4. The topological polar surface area (TPSA) is 52.6 Å². The van der Waals surface area contributed by atoms with Crippen molar-refractivity contribution in [3.8, 4) is 0 Å². The molecule has 22 heavy (non-hydrogen) atoms. The first-order valence-electron chi connectivity index (χ1n) is 7.97. The molecule has 0 unspecified atom stereocenters. The molecule has 1 radical (unpaired) electrons. The highest BCUT2D eigenvalue weighted by Crippen LogP contribution is 2.20. The Bertz CT molecular complexity index is 463. The van der Waals surface area contributed by atoms with E-state index in [1.54, 1.807) is 0 Å². The number of benzene rings is 1. The Hall–Kier alpha value is -1.84. The van der Waals surface area contributed by atoms with Crippen LogP contribution in [0.15, 0.2) is 30.3 Å². The second-order valence-corrected chi connectivity index (χ2v) is 5.59. The fourth-order valence-corrected chi connectivity index (χ4v) is 2.51. The van der Waals surface area contributed by atoms with Crippen LogP contribution in [0, 0.1) is 6.42 Å². The summed E-state index contributed by atoms with van der Waals surface area (Å²) in [5.41, 5.74) is 0.955. The molecule has 0 amide bonds. The predicted octanol–water partition coefficient (Wildman–Crippen LogP) is 3.59. The van der Waals surface area contributed by atoms with Gasteiger partial charge in [-0.2, -0.15) is 0 Å². The van der Waals surface area contributed by atoms with Gasteiger partial charge in [-0.05, 0) is 37.7 Å². The number of esters is 2. The van der Waals surface area contributed by atoms with E-state index in [0.29, 0.717) is 6.42 Å². The highest BCUT2D eigenvalue weighted by atomic mass is 16.5. The molecule has 0 bridgehead atoms. The average Bonchev–Trinajstić information content (AvgIpc) is 2.55. The maximum atomic E-state index is 11.6. The quantitative estimate of drug-likeness (QED) is 0.722. The molecule has 1 aromatic rings. The second kappa shape index (κ2) is 9.23. The van der Waals surface area contributed by atoms with Gasteiger partial charge in [-0.3, -0.25) is 9.59 Å². The zero-order valence-electron chi connectivity index (χ0n) is 12.8. The Morgan fingerprint density at radius 1 is 1.09 bits per heavy atom. The molecule has 0 aliphatic heterocycles. The molecule has 0 atom stereocenters. The summed E-state index contributed by atoms with van der Waals surface area (Å²) in [6.45, 7) is 0.270. The van der Waals surface area contributed by atoms with Crippen molar-refractivity contribution in [3.05, 3.63) is 42.3 Å². The number of hydrogen-bond donors (Lipinski definition) is 0. The fraction of sp³-hybridized carbons (Fsp3) is 0.500. The Morgan fingerprint density at radius 3 is 2.55 bits per heavy atom. The summed E-state index contributed by atoms with van der Waals surface area (Å²) in [7, 11) is 0. The Balaban J connectivity index is 1.55. The molecule has 1 aliphatic carbocycles. The van der Waals surface area contributed by atoms with Crippen LogP contribution in [0.25, 0.3) is 0 Å². The maximum absolute atomic E-state index is 11.6. The predicted molar refractivity (Wildman–Crippen MR) is 82.7 cm³/mol. The van der Waals surface area contributed by atoms with Gasteiger partial charge >= 0.3 is 11.9 Å². The van der Waals surface area contributed by atoms with Gasteiger partial charge in [0, 0.05) is 6.42 Å². The molecular weight excluding hydrogens is 280 g/mol. The van der Waals surface area contributed by atoms with Crippen molar-refractivity contribution in [1.82, 2.24) is 0 Å². The first-order chi connectivity index (χ1) is 10.7. The monoisotopic (exact) mass is 303 g/mol. The SMILES string of the molecule is O=C([CH]CCC(=O)OCc1ccccc1)OC1CCCCC1. The zero-order valence-corrected chi connectivity index (χ0v) is 12.8. The second-order valence-electron chi connectivity index (χ2n) is 5.59. The van der Waals surface area contributed by atoms with Crippen LogP contribution in [-0.4, -0.2) is 18.0 Å². The molecule has 0 heterocycles. The summed E-state index contributed by atoms with van der Waals surface area (Å²) in [4.78, 5) is 23.2. The molecule has 119 valence electrons. The van der Waals surface area contributed by atoms with Crippen LogP contribution in [0.2, 0.25) is 0 Å². The molecule has 0 saturated heterocycles. The lowest BCUT2D eigenvalue weighted by Crippen LogP contribution is -2.21. The van der Waals surface area contributed by atoms with Crippen LogP contribution in [0.1, 0.15) is 50.5 Å². The van der Waals surface area contributed by atoms with Crippen LogP contribution in [0.5, 0.6) is 0 Å². The summed E-state index contributed by atoms with van der Waals surface area (Å²) in [5, 5.41) is 0. The van der Waals surface area contributed by atoms with Gasteiger partial charge < -0.3 is 9.47 Å². The number of carbonyl (C=O) groups excluding carboxylic acids is 2. The lowest BCUT2D eigenvalue weighted by molar-refractivity contribution is -0.146. The number of rotatable bonds is 7. The van der Waals surface area contributed by atoms with E-state index in [9.17, 15) is 9.59 Å². The first kappa shape index (κ1) is 16.5. The highest BCUT2D eigenvalue weighted by molar-refractivity contribution is 5.80. The molecule has 2 rings (SSSR count). The molecule has 4 nitrogen and oxygen atoms in total. The van der Waals surface area contributed by atoms with Crippen molar-refractivity contribution in [2.45, 2.75) is 57.7 Å². The van der Waals surface area contributed by atoms with Gasteiger partial charge in [0.15, 0.2) is 0 Å². The lowest BCUT2D eigenvalue weighted by Gasteiger charge is -2.21. The molecule has 1 saturated carbocycles. The number of ether oxygens (including phenoxy) is 2. The third-order valence-electron chi connectivity index (χ3n) is 3.74. The minimum absolute atomic E-state index is 0.0579. The largest absolute Gasteiger partial charge is 0.462 e. The minimum atomic E-state index is -0.317. The third-order valence-corrected chi connectivity index (χ3v) is 3.74. The summed E-state index contributed by atoms with van der Waals surface area (Å²) in [6, 6.07) is 9.52. The van der Waals surface area contributed by atoms with E-state index in [-0.39, 0.29) is 31.1 Å². The van der Waals surface area contributed by atoms with Gasteiger partial charge in [-0.25, -0.2) is 0 Å². The van der Waals surface area contributed by atoms with Crippen LogP contribution >= 0.6 is 0 Å². The van der Waals surface area contributed by atoms with E-state index in [1.807, 2.05) is 30.3 Å². The maximum Gasteiger partial charge on any atom is 0.310 e. The van der Waals surface area contributed by atoms with Crippen LogP contribution in [-0.2, 0) is 25.7 Å². The molecule has 1 fully saturated rings. The molecule has 0 N–H and O–H groups in total. The normalized spacial score (nSPS) is 15.3. The van der Waals surface area contributed by atoms with Gasteiger partial charge in [0.25, 0.3) is 0 Å². The number of carbonyl (C=O) groups is 2. The smallest absolute Gasteiger partial charge is 0.310 e. The van der Waals surface area contributed by atoms with Crippen LogP contribution < -0.4 is 0 Å².